The van der Waals surface area contributed by atoms with Crippen LogP contribution in [0.4, 0.5) is 0 Å². The van der Waals surface area contributed by atoms with E-state index in [1.54, 1.807) is 13.8 Å². The average molecular weight is 915 g/mol. The van der Waals surface area contributed by atoms with Crippen LogP contribution in [-0.2, 0) is 38.4 Å². The van der Waals surface area contributed by atoms with Gasteiger partial charge in [0, 0.05) is 60.4 Å². The Morgan fingerprint density at radius 2 is 1.10 bits per heavy atom. The van der Waals surface area contributed by atoms with Gasteiger partial charge in [-0.1, -0.05) is 48.5 Å². The molecule has 19 heteroatoms. The lowest BCUT2D eigenvalue weighted by Crippen LogP contribution is -2.61. The lowest BCUT2D eigenvalue weighted by Gasteiger charge is -2.38. The maximum absolute atomic E-state index is 14.3. The Labute approximate surface area is 381 Å². The van der Waals surface area contributed by atoms with Crippen molar-refractivity contribution in [2.24, 2.45) is 17.8 Å². The maximum atomic E-state index is 14.3. The van der Waals surface area contributed by atoms with Crippen LogP contribution in [0, 0.1) is 17.8 Å². The van der Waals surface area contributed by atoms with Crippen LogP contribution < -0.4 is 21.3 Å². The molecule has 0 saturated heterocycles. The summed E-state index contributed by atoms with van der Waals surface area (Å²) in [6.07, 6.45) is 1.66. The summed E-state index contributed by atoms with van der Waals surface area (Å²) >= 11 is 1.39. The molecule has 364 valence electrons. The van der Waals surface area contributed by atoms with E-state index in [9.17, 15) is 48.6 Å². The van der Waals surface area contributed by atoms with Crippen LogP contribution in [0.15, 0.2) is 0 Å². The number of rotatable bonds is 28. The molecular formula is C44H82N8O10S. The Balaban J connectivity index is 6.45. The minimum Gasteiger partial charge on any atom is -0.396 e. The SMILES string of the molecule is CCCC(=O)N(C)[C@H](CSCCCO)C(=O)N(C)[C@@H](CC(C)(C)O)C(=O)N[C@H](C(=O)N(C)[C@@H](CC(C)C)C(=O)N[C@H](C)C(=O)N[C@@H](C)C(=O)N(C)[C@@H](CC(C)C)C(=O)NC)C(C)C. The molecule has 63 heavy (non-hydrogen) atoms. The van der Waals surface area contributed by atoms with Crippen LogP contribution in [0.1, 0.15) is 115 Å². The third-order valence-corrected chi connectivity index (χ3v) is 11.9. The van der Waals surface area contributed by atoms with E-state index in [0.717, 1.165) is 0 Å². The average Bonchev–Trinajstić information content (AvgIpc) is 3.20. The number of nitrogens with zero attached hydrogens (tertiary/aromatic N) is 4. The highest BCUT2D eigenvalue weighted by atomic mass is 32.2. The molecule has 18 nitrogen and oxygen atoms in total. The van der Waals surface area contributed by atoms with Gasteiger partial charge < -0.3 is 51.1 Å². The molecule has 0 radical (unpaired) electrons. The Bertz CT molecular complexity index is 1520. The van der Waals surface area contributed by atoms with Gasteiger partial charge in [0.25, 0.3) is 0 Å². The summed E-state index contributed by atoms with van der Waals surface area (Å²) < 4.78 is 0. The lowest BCUT2D eigenvalue weighted by molar-refractivity contribution is -0.149. The standard InChI is InChI=1S/C44H82N8O10S/c1-17-19-35(54)49(13)34(25-63-21-18-20-53)42(60)52(16)33(24-44(10,11)62)40(58)48-36(28(6)7)43(61)51(15)32(23-27(4)5)39(57)46-29(8)37(55)47-30(9)41(59)50(14)31(22-26(2)3)38(56)45-12/h26-34,36,53,62H,17-25H2,1-16H3,(H,45,56)(H,46,57)(H,47,55)(H,48,58)/t29-,30+,31+,32+,33+,34-,36+/m1/s1. The van der Waals surface area contributed by atoms with E-state index in [1.807, 2.05) is 34.6 Å². The van der Waals surface area contributed by atoms with Crippen molar-refractivity contribution < 1.29 is 48.6 Å². The molecule has 0 unspecified atom stereocenters. The molecule has 7 atom stereocenters. The number of aliphatic hydroxyl groups is 2. The van der Waals surface area contributed by atoms with E-state index < -0.39 is 89.3 Å². The molecule has 0 fully saturated rings. The summed E-state index contributed by atoms with van der Waals surface area (Å²) in [5, 5.41) is 30.9. The number of thioether (sulfide) groups is 1. The van der Waals surface area contributed by atoms with Gasteiger partial charge in [-0.05, 0) is 76.9 Å². The predicted octanol–water partition coefficient (Wildman–Crippen LogP) is 1.36. The van der Waals surface area contributed by atoms with Gasteiger partial charge in [-0.15, -0.1) is 0 Å². The molecule has 0 aliphatic heterocycles. The number of carbonyl (C=O) groups is 8. The van der Waals surface area contributed by atoms with Crippen LogP contribution in [0.25, 0.3) is 0 Å². The van der Waals surface area contributed by atoms with Gasteiger partial charge in [-0.2, -0.15) is 11.8 Å². The van der Waals surface area contributed by atoms with Crippen molar-refractivity contribution in [1.82, 2.24) is 40.9 Å². The number of amides is 8. The van der Waals surface area contributed by atoms with Crippen molar-refractivity contribution in [2.75, 3.05) is 53.4 Å². The van der Waals surface area contributed by atoms with E-state index in [-0.39, 0.29) is 55.3 Å². The third-order valence-electron chi connectivity index (χ3n) is 10.7. The van der Waals surface area contributed by atoms with Crippen molar-refractivity contribution in [3.8, 4) is 0 Å². The van der Waals surface area contributed by atoms with Crippen LogP contribution in [-0.4, -0.2) is 178 Å². The van der Waals surface area contributed by atoms with E-state index in [4.69, 9.17) is 0 Å². The summed E-state index contributed by atoms with van der Waals surface area (Å²) in [7, 11) is 7.37. The Kier molecular flexibility index (Phi) is 26.3. The Morgan fingerprint density at radius 3 is 1.56 bits per heavy atom. The van der Waals surface area contributed by atoms with E-state index in [1.165, 1.54) is 94.3 Å². The number of carbonyl (C=O) groups excluding carboxylic acids is 8. The van der Waals surface area contributed by atoms with Crippen molar-refractivity contribution in [1.29, 1.82) is 0 Å². The third kappa shape index (κ3) is 19.8. The summed E-state index contributed by atoms with van der Waals surface area (Å²) in [6.45, 7) is 18.8. The number of likely N-dealkylation sites (N-methyl/N-ethyl adjacent to an activating group) is 5. The van der Waals surface area contributed by atoms with Gasteiger partial charge in [0.05, 0.1) is 5.60 Å². The van der Waals surface area contributed by atoms with Crippen molar-refractivity contribution in [3.63, 3.8) is 0 Å². The Hall–Kier alpha value is -3.97. The number of hydrogen-bond donors (Lipinski definition) is 6. The van der Waals surface area contributed by atoms with Crippen LogP contribution in [0.2, 0.25) is 0 Å². The first-order chi connectivity index (χ1) is 29.1. The summed E-state index contributed by atoms with van der Waals surface area (Å²) in [5.74, 6) is -3.99. The van der Waals surface area contributed by atoms with E-state index in [2.05, 4.69) is 21.3 Å². The first kappa shape index (κ1) is 59.0. The molecule has 0 aromatic carbocycles. The molecule has 0 spiro atoms. The zero-order valence-corrected chi connectivity index (χ0v) is 41.8. The van der Waals surface area contributed by atoms with Crippen LogP contribution in [0.5, 0.6) is 0 Å². The Morgan fingerprint density at radius 1 is 0.619 bits per heavy atom. The number of hydrogen-bond acceptors (Lipinski definition) is 11. The van der Waals surface area contributed by atoms with E-state index in [0.29, 0.717) is 25.0 Å². The van der Waals surface area contributed by atoms with Gasteiger partial charge in [0.2, 0.25) is 47.3 Å². The molecular weight excluding hydrogens is 833 g/mol. The molecule has 0 aliphatic rings. The highest BCUT2D eigenvalue weighted by molar-refractivity contribution is 7.99. The summed E-state index contributed by atoms with van der Waals surface area (Å²) in [5.41, 5.74) is -1.44. The molecule has 6 N–H and O–H groups in total. The molecule has 0 bridgehead atoms. The highest BCUT2D eigenvalue weighted by Gasteiger charge is 2.41. The molecule has 0 aromatic rings. The molecule has 0 heterocycles. The molecule has 0 rings (SSSR count). The predicted molar refractivity (Wildman–Crippen MR) is 246 cm³/mol. The first-order valence-electron chi connectivity index (χ1n) is 22.2. The fourth-order valence-corrected chi connectivity index (χ4v) is 7.94. The number of aliphatic hydroxyl groups excluding tert-OH is 1. The largest absolute Gasteiger partial charge is 0.396 e. The smallest absolute Gasteiger partial charge is 0.246 e. The quantitative estimate of drug-likeness (QED) is 0.0613. The van der Waals surface area contributed by atoms with Crippen LogP contribution in [0.3, 0.4) is 0 Å². The van der Waals surface area contributed by atoms with Gasteiger partial charge >= 0.3 is 0 Å². The second-order valence-electron chi connectivity index (χ2n) is 18.4. The molecule has 0 aliphatic carbocycles. The van der Waals surface area contributed by atoms with Gasteiger partial charge in [-0.25, -0.2) is 0 Å². The minimum absolute atomic E-state index is 0.0305. The minimum atomic E-state index is -1.44. The summed E-state index contributed by atoms with van der Waals surface area (Å²) in [4.78, 5) is 114. The number of nitrogens with one attached hydrogen (secondary N) is 4. The fraction of sp³-hybridized carbons (Fsp3) is 0.818. The van der Waals surface area contributed by atoms with Crippen molar-refractivity contribution in [2.45, 2.75) is 163 Å². The highest BCUT2D eigenvalue weighted by Crippen LogP contribution is 2.21. The normalized spacial score (nSPS) is 15.0. The fourth-order valence-electron chi connectivity index (χ4n) is 6.85. The molecule has 8 amide bonds. The lowest BCUT2D eigenvalue weighted by atomic mass is 9.95. The topological polar surface area (TPSA) is 238 Å². The second-order valence-corrected chi connectivity index (χ2v) is 19.5. The van der Waals surface area contributed by atoms with Gasteiger partial charge in [-0.3, -0.25) is 38.4 Å². The first-order valence-corrected chi connectivity index (χ1v) is 23.3. The van der Waals surface area contributed by atoms with Crippen molar-refractivity contribution in [3.05, 3.63) is 0 Å². The summed E-state index contributed by atoms with van der Waals surface area (Å²) in [6, 6.07) is -7.42. The van der Waals surface area contributed by atoms with Gasteiger partial charge in [0.1, 0.15) is 42.3 Å². The zero-order chi connectivity index (χ0) is 49.1. The van der Waals surface area contributed by atoms with Gasteiger partial charge in [0.15, 0.2) is 0 Å². The maximum Gasteiger partial charge on any atom is 0.246 e. The van der Waals surface area contributed by atoms with Crippen molar-refractivity contribution >= 4 is 59.0 Å². The molecule has 0 aromatic heterocycles. The monoisotopic (exact) mass is 915 g/mol. The molecule has 0 saturated carbocycles. The van der Waals surface area contributed by atoms with Crippen LogP contribution >= 0.6 is 11.8 Å². The second kappa shape index (κ2) is 28.0. The zero-order valence-electron chi connectivity index (χ0n) is 41.0. The van der Waals surface area contributed by atoms with E-state index >= 15 is 0 Å².